The summed E-state index contributed by atoms with van der Waals surface area (Å²) in [4.78, 5) is 12.8. The first kappa shape index (κ1) is 15.0. The zero-order valence-corrected chi connectivity index (χ0v) is 12.1. The second-order valence-corrected chi connectivity index (χ2v) is 5.79. The van der Waals surface area contributed by atoms with Gasteiger partial charge < -0.3 is 15.5 Å². The zero-order valence-electron chi connectivity index (χ0n) is 11.3. The molecule has 2 unspecified atom stereocenters. The molecule has 20 heavy (non-hydrogen) atoms. The Hall–Kier alpha value is -1.35. The average Bonchev–Trinajstić information content (AvgIpc) is 2.90. The van der Waals surface area contributed by atoms with E-state index in [0.717, 1.165) is 25.7 Å². The minimum Gasteiger partial charge on any atom is -0.395 e. The fourth-order valence-corrected chi connectivity index (χ4v) is 3.06. The summed E-state index contributed by atoms with van der Waals surface area (Å²) in [6, 6.07) is 1.65. The van der Waals surface area contributed by atoms with E-state index < -0.39 is 6.10 Å². The second-order valence-electron chi connectivity index (χ2n) is 4.87. The van der Waals surface area contributed by atoms with Gasteiger partial charge >= 0.3 is 0 Å². The average molecular weight is 293 g/mol. The Morgan fingerprint density at radius 1 is 1.45 bits per heavy atom. The van der Waals surface area contributed by atoms with Crippen molar-refractivity contribution in [2.45, 2.75) is 44.2 Å². The zero-order chi connectivity index (χ0) is 14.4. The number of nitrogens with one attached hydrogen (secondary N) is 1. The van der Waals surface area contributed by atoms with Crippen LogP contribution in [0.15, 0.2) is 11.4 Å². The molecule has 1 aliphatic rings. The smallest absolute Gasteiger partial charge is 0.262 e. The molecule has 1 fully saturated rings. The molecule has 1 saturated carbocycles. The molecule has 0 aliphatic heterocycles. The highest BCUT2D eigenvalue weighted by molar-refractivity contribution is 7.12. The Kier molecular flexibility index (Phi) is 5.60. The second kappa shape index (κ2) is 7.44. The van der Waals surface area contributed by atoms with E-state index in [4.69, 9.17) is 5.11 Å². The number of carbonyl (C=O) groups excluding carboxylic acids is 1. The molecule has 0 radical (unpaired) electrons. The molecule has 2 rings (SSSR count). The number of thiophene rings is 1. The number of amides is 1. The number of aliphatic hydroxyl groups excluding tert-OH is 2. The highest BCUT2D eigenvalue weighted by Gasteiger charge is 2.25. The van der Waals surface area contributed by atoms with Gasteiger partial charge in [-0.2, -0.15) is 0 Å². The third-order valence-corrected chi connectivity index (χ3v) is 4.29. The van der Waals surface area contributed by atoms with E-state index in [-0.39, 0.29) is 18.6 Å². The Morgan fingerprint density at radius 2 is 2.25 bits per heavy atom. The summed E-state index contributed by atoms with van der Waals surface area (Å²) < 4.78 is 0. The lowest BCUT2D eigenvalue weighted by atomic mass is 9.92. The van der Waals surface area contributed by atoms with Gasteiger partial charge in [-0.3, -0.25) is 4.79 Å². The van der Waals surface area contributed by atoms with Crippen LogP contribution in [0.1, 0.15) is 47.3 Å². The van der Waals surface area contributed by atoms with Crippen molar-refractivity contribution in [2.75, 3.05) is 6.61 Å². The molecule has 0 bridgehead atoms. The van der Waals surface area contributed by atoms with Crippen LogP contribution in [0.25, 0.3) is 0 Å². The Balaban J connectivity index is 2.02. The van der Waals surface area contributed by atoms with E-state index in [1.807, 2.05) is 5.38 Å². The standard InChI is InChI=1S/C15H19NO3S/c17-9-4-3-5-11-8-10-20-14(11)15(19)16-12-6-1-2-7-13(12)18/h8,10,12-13,17-18H,1-2,4,6-7,9H2,(H,16,19). The van der Waals surface area contributed by atoms with E-state index in [9.17, 15) is 9.90 Å². The highest BCUT2D eigenvalue weighted by Crippen LogP contribution is 2.21. The lowest BCUT2D eigenvalue weighted by molar-refractivity contribution is 0.0720. The van der Waals surface area contributed by atoms with Crippen LogP contribution in [0.5, 0.6) is 0 Å². The van der Waals surface area contributed by atoms with Crippen molar-refractivity contribution in [1.82, 2.24) is 5.32 Å². The van der Waals surface area contributed by atoms with Crippen molar-refractivity contribution in [3.05, 3.63) is 21.9 Å². The van der Waals surface area contributed by atoms with Crippen LogP contribution in [0.4, 0.5) is 0 Å². The number of aliphatic hydroxyl groups is 2. The van der Waals surface area contributed by atoms with Crippen LogP contribution < -0.4 is 5.32 Å². The van der Waals surface area contributed by atoms with Gasteiger partial charge in [-0.1, -0.05) is 24.7 Å². The summed E-state index contributed by atoms with van der Waals surface area (Å²) in [6.07, 6.45) is 3.58. The molecule has 0 spiro atoms. The first-order chi connectivity index (χ1) is 9.72. The van der Waals surface area contributed by atoms with Gasteiger partial charge in [-0.05, 0) is 24.3 Å². The molecular weight excluding hydrogens is 274 g/mol. The van der Waals surface area contributed by atoms with E-state index in [1.54, 1.807) is 6.07 Å². The van der Waals surface area contributed by atoms with E-state index in [2.05, 4.69) is 17.2 Å². The molecule has 108 valence electrons. The number of hydrogen-bond acceptors (Lipinski definition) is 4. The summed E-state index contributed by atoms with van der Waals surface area (Å²) in [5.41, 5.74) is 0.686. The predicted molar refractivity (Wildman–Crippen MR) is 78.6 cm³/mol. The summed E-state index contributed by atoms with van der Waals surface area (Å²) in [7, 11) is 0. The number of carbonyl (C=O) groups is 1. The lowest BCUT2D eigenvalue weighted by Gasteiger charge is -2.28. The monoisotopic (exact) mass is 293 g/mol. The van der Waals surface area contributed by atoms with Gasteiger partial charge in [0.15, 0.2) is 0 Å². The fourth-order valence-electron chi connectivity index (χ4n) is 2.31. The van der Waals surface area contributed by atoms with Crippen LogP contribution in [0.2, 0.25) is 0 Å². The van der Waals surface area contributed by atoms with Crippen molar-refractivity contribution in [1.29, 1.82) is 0 Å². The molecule has 1 aromatic rings. The van der Waals surface area contributed by atoms with Crippen LogP contribution in [-0.4, -0.2) is 34.9 Å². The third-order valence-electron chi connectivity index (χ3n) is 3.38. The molecule has 3 N–H and O–H groups in total. The van der Waals surface area contributed by atoms with Crippen LogP contribution in [0, 0.1) is 11.8 Å². The van der Waals surface area contributed by atoms with Gasteiger partial charge in [-0.15, -0.1) is 11.3 Å². The van der Waals surface area contributed by atoms with Crippen molar-refractivity contribution < 1.29 is 15.0 Å². The van der Waals surface area contributed by atoms with Crippen molar-refractivity contribution in [3.8, 4) is 11.8 Å². The summed E-state index contributed by atoms with van der Waals surface area (Å²) in [5, 5.41) is 23.3. The molecule has 1 amide bonds. The molecule has 1 aliphatic carbocycles. The van der Waals surface area contributed by atoms with Crippen molar-refractivity contribution in [2.24, 2.45) is 0 Å². The highest BCUT2D eigenvalue weighted by atomic mass is 32.1. The quantitative estimate of drug-likeness (QED) is 0.740. The van der Waals surface area contributed by atoms with Gasteiger partial charge in [0.05, 0.1) is 18.8 Å². The van der Waals surface area contributed by atoms with Crippen LogP contribution in [0.3, 0.4) is 0 Å². The maximum Gasteiger partial charge on any atom is 0.262 e. The Labute approximate surface area is 122 Å². The van der Waals surface area contributed by atoms with Gasteiger partial charge in [0.1, 0.15) is 4.88 Å². The molecule has 2 atom stereocenters. The summed E-state index contributed by atoms with van der Waals surface area (Å²) in [5.74, 6) is 5.56. The molecule has 4 nitrogen and oxygen atoms in total. The lowest BCUT2D eigenvalue weighted by Crippen LogP contribution is -2.45. The number of hydrogen-bond donors (Lipinski definition) is 3. The van der Waals surface area contributed by atoms with E-state index >= 15 is 0 Å². The van der Waals surface area contributed by atoms with Crippen molar-refractivity contribution in [3.63, 3.8) is 0 Å². The van der Waals surface area contributed by atoms with Crippen molar-refractivity contribution >= 4 is 17.2 Å². The van der Waals surface area contributed by atoms with Gasteiger partial charge in [0.25, 0.3) is 5.91 Å². The first-order valence-electron chi connectivity index (χ1n) is 6.88. The van der Waals surface area contributed by atoms with Crippen LogP contribution >= 0.6 is 11.3 Å². The van der Waals surface area contributed by atoms with E-state index in [1.165, 1.54) is 11.3 Å². The van der Waals surface area contributed by atoms with Gasteiger partial charge in [0, 0.05) is 12.0 Å². The molecule has 1 aromatic heterocycles. The first-order valence-corrected chi connectivity index (χ1v) is 7.76. The summed E-state index contributed by atoms with van der Waals surface area (Å²) >= 11 is 1.35. The minimum atomic E-state index is -0.448. The maximum absolute atomic E-state index is 12.2. The molecule has 5 heteroatoms. The Bertz CT molecular complexity index is 515. The normalized spacial score (nSPS) is 21.9. The molecular formula is C15H19NO3S. The largest absolute Gasteiger partial charge is 0.395 e. The SMILES string of the molecule is O=C(NC1CCCCC1O)c1sccc1C#CCCO. The molecule has 0 saturated heterocycles. The van der Waals surface area contributed by atoms with Crippen LogP contribution in [-0.2, 0) is 0 Å². The van der Waals surface area contributed by atoms with E-state index in [0.29, 0.717) is 16.9 Å². The minimum absolute atomic E-state index is 0.0208. The fraction of sp³-hybridized carbons (Fsp3) is 0.533. The third kappa shape index (κ3) is 3.83. The molecule has 0 aromatic carbocycles. The number of rotatable bonds is 3. The Morgan fingerprint density at radius 3 is 3.00 bits per heavy atom. The molecule has 1 heterocycles. The predicted octanol–water partition coefficient (Wildman–Crippen LogP) is 1.52. The van der Waals surface area contributed by atoms with Gasteiger partial charge in [-0.25, -0.2) is 0 Å². The topological polar surface area (TPSA) is 69.6 Å². The summed E-state index contributed by atoms with van der Waals surface area (Å²) in [6.45, 7) is 0.0208. The maximum atomic E-state index is 12.2. The van der Waals surface area contributed by atoms with Gasteiger partial charge in [0.2, 0.25) is 0 Å².